The molecular formula is C83H123N11O26S. The van der Waals surface area contributed by atoms with Crippen molar-refractivity contribution in [1.82, 2.24) is 52.0 Å². The standard InChI is InChI=1S/C83H123N11O26S/c1-56(95)92(118)44-22-8-6-18-31-62(97)36-39-73(103)93(119)46-24-12-21-42-85-71(101)38-40-74(104)94(120)45-23-9-7-19-32-63(98)41-47-91-75(105)53-70(80(91)112)121-55-60(81(113)114)51-69(100)67(52-77(108)109)89-79(111)64(84)54-87-78(110)59(48-57-26-13-10-14-27-57)50-68(99)66(49-58-28-15-11-16-29-58)88-72(102)33-20-5-3-2-4-17-30-61(96)35-37-65(82(115)116)90-83(117)86-43-25-34-76(106)107/h10-11,13-16,26-29,59-60,64-67,70,118-120H,2-9,12,17-25,30-55,84H2,1H3,(H,85,101)(H,87,110)(H,88,102)(H,89,111)(H,106,107)(H,108,109)(H,113,114)(H,115,116)(H2,86,90,117)/t59-,60+,64+,65+,66+,67+,70?/m1/s1. The molecule has 1 aliphatic rings. The fraction of sp³-hybridized carbons (Fsp3) is 0.627. The van der Waals surface area contributed by atoms with E-state index in [-0.39, 0.29) is 166 Å². The molecule has 672 valence electrons. The van der Waals surface area contributed by atoms with Gasteiger partial charge in [0.15, 0.2) is 11.6 Å². The highest BCUT2D eigenvalue weighted by molar-refractivity contribution is 8.00. The van der Waals surface area contributed by atoms with Crippen LogP contribution in [0.3, 0.4) is 0 Å². The van der Waals surface area contributed by atoms with E-state index in [0.717, 1.165) is 42.3 Å². The maximum atomic E-state index is 14.4. The van der Waals surface area contributed by atoms with E-state index < -0.39 is 161 Å². The van der Waals surface area contributed by atoms with Gasteiger partial charge in [0, 0.05) is 154 Å². The van der Waals surface area contributed by atoms with Gasteiger partial charge < -0.3 is 58.1 Å². The number of nitrogens with two attached hydrogens (primary N) is 1. The first-order chi connectivity index (χ1) is 57.6. The number of imide groups is 1. The fourth-order valence-corrected chi connectivity index (χ4v) is 14.2. The van der Waals surface area contributed by atoms with Crippen molar-refractivity contribution in [2.24, 2.45) is 17.6 Å². The van der Waals surface area contributed by atoms with Gasteiger partial charge in [0.1, 0.15) is 29.4 Å². The van der Waals surface area contributed by atoms with Crippen LogP contribution in [0.1, 0.15) is 236 Å². The number of amides is 11. The smallest absolute Gasteiger partial charge is 0.326 e. The van der Waals surface area contributed by atoms with Crippen LogP contribution in [0.5, 0.6) is 0 Å². The van der Waals surface area contributed by atoms with E-state index in [9.17, 15) is 122 Å². The van der Waals surface area contributed by atoms with Gasteiger partial charge in [-0.15, -0.1) is 11.8 Å². The Balaban J connectivity index is 1.39. The molecule has 0 bridgehead atoms. The number of unbranched alkanes of at least 4 members (excludes halogenated alkanes) is 13. The Kier molecular flexibility index (Phi) is 52.0. The van der Waals surface area contributed by atoms with Crippen molar-refractivity contribution in [1.29, 1.82) is 0 Å². The number of nitrogens with zero attached hydrogens (tertiary/aromatic N) is 4. The Bertz CT molecular complexity index is 3730. The Morgan fingerprint density at radius 2 is 0.950 bits per heavy atom. The number of hydroxylamine groups is 6. The lowest BCUT2D eigenvalue weighted by atomic mass is 9.89. The number of thioether (sulfide) groups is 1. The third-order valence-electron chi connectivity index (χ3n) is 20.1. The molecule has 3 rings (SSSR count). The number of Topliss-reactive ketones (excluding diaryl/α,β-unsaturated/α-hetero) is 5. The number of carbonyl (C=O) groups excluding carboxylic acids is 15. The number of carboxylic acid groups (broad SMARTS) is 4. The predicted octanol–water partition coefficient (Wildman–Crippen LogP) is 5.49. The van der Waals surface area contributed by atoms with Crippen molar-refractivity contribution in [2.75, 3.05) is 51.6 Å². The van der Waals surface area contributed by atoms with Crippen LogP contribution in [0.15, 0.2) is 60.7 Å². The summed E-state index contributed by atoms with van der Waals surface area (Å²) in [5.41, 5.74) is 7.59. The first-order valence-corrected chi connectivity index (χ1v) is 42.6. The number of urea groups is 1. The number of carboxylic acids is 4. The maximum Gasteiger partial charge on any atom is 0.326 e. The molecule has 7 atom stereocenters. The van der Waals surface area contributed by atoms with Crippen molar-refractivity contribution >= 4 is 124 Å². The summed E-state index contributed by atoms with van der Waals surface area (Å²) < 4.78 is 0. The van der Waals surface area contributed by atoms with Crippen molar-refractivity contribution in [2.45, 2.75) is 267 Å². The SMILES string of the molecule is CC(=O)N(O)CCCCCCC(=O)CCC(=O)N(O)CCCCCNC(=O)CCC(=O)N(O)CCCCCCC(=O)CCN1C(=O)CC(SC[C@H](CC(=O)[C@H](CC(=O)O)NC(=O)[C@@H](N)CNC(=O)[C@@H](CC(=O)[C@H](Cc2ccccc2)NC(=O)CCCCCCCCC(=O)CC[C@H](NC(=O)NCCCC(=O)O)C(=O)O)Cc2ccccc2)C(=O)O)C1=O. The molecule has 0 radical (unpaired) electrons. The normalized spacial score (nSPS) is 13.9. The number of hydrogen-bond acceptors (Lipinski definition) is 24. The Morgan fingerprint density at radius 3 is 1.50 bits per heavy atom. The topological polar surface area (TPSA) is 577 Å². The number of ketones is 5. The van der Waals surface area contributed by atoms with Crippen molar-refractivity contribution < 1.29 is 127 Å². The molecule has 2 aromatic carbocycles. The molecule has 37 nitrogen and oxygen atoms in total. The molecule has 2 aromatic rings. The van der Waals surface area contributed by atoms with Crippen LogP contribution in [0.2, 0.25) is 0 Å². The second-order valence-corrected chi connectivity index (χ2v) is 31.5. The number of rotatable bonds is 69. The average Bonchev–Trinajstić information content (AvgIpc) is 1.52. The van der Waals surface area contributed by atoms with Gasteiger partial charge in [0.2, 0.25) is 53.2 Å². The second kappa shape index (κ2) is 60.1. The molecule has 0 saturated carbocycles. The summed E-state index contributed by atoms with van der Waals surface area (Å²) in [6.07, 6.45) is 7.07. The molecule has 38 heteroatoms. The second-order valence-electron chi connectivity index (χ2n) is 30.2. The molecular weight excluding hydrogens is 1600 g/mol. The van der Waals surface area contributed by atoms with Crippen LogP contribution in [0, 0.1) is 11.8 Å². The highest BCUT2D eigenvalue weighted by Gasteiger charge is 2.41. The monoisotopic (exact) mass is 1720 g/mol. The van der Waals surface area contributed by atoms with E-state index >= 15 is 0 Å². The lowest BCUT2D eigenvalue weighted by Gasteiger charge is -2.23. The lowest BCUT2D eigenvalue weighted by Crippen LogP contribution is -2.53. The molecule has 121 heavy (non-hydrogen) atoms. The maximum absolute atomic E-state index is 14.4. The Morgan fingerprint density at radius 1 is 0.455 bits per heavy atom. The predicted molar refractivity (Wildman–Crippen MR) is 437 cm³/mol. The highest BCUT2D eigenvalue weighted by atomic mass is 32.2. The zero-order chi connectivity index (χ0) is 89.6. The van der Waals surface area contributed by atoms with E-state index in [2.05, 4.69) is 31.9 Å². The largest absolute Gasteiger partial charge is 0.481 e. The summed E-state index contributed by atoms with van der Waals surface area (Å²) in [4.78, 5) is 241. The molecule has 1 fully saturated rings. The zero-order valence-corrected chi connectivity index (χ0v) is 69.9. The van der Waals surface area contributed by atoms with Gasteiger partial charge in [0.05, 0.1) is 29.7 Å². The van der Waals surface area contributed by atoms with E-state index in [1.807, 2.05) is 0 Å². The van der Waals surface area contributed by atoms with Gasteiger partial charge in [-0.25, -0.2) is 24.8 Å². The summed E-state index contributed by atoms with van der Waals surface area (Å²) >= 11 is 0.774. The van der Waals surface area contributed by atoms with Gasteiger partial charge in [-0.05, 0) is 94.6 Å². The van der Waals surface area contributed by atoms with Crippen molar-refractivity contribution in [3.05, 3.63) is 71.8 Å². The van der Waals surface area contributed by atoms with Gasteiger partial charge in [-0.2, -0.15) is 0 Å². The van der Waals surface area contributed by atoms with E-state index in [1.54, 1.807) is 60.7 Å². The average molecular weight is 1720 g/mol. The molecule has 15 N–H and O–H groups in total. The van der Waals surface area contributed by atoms with Crippen molar-refractivity contribution in [3.63, 3.8) is 0 Å². The third-order valence-corrected chi connectivity index (χ3v) is 21.5. The van der Waals surface area contributed by atoms with Crippen LogP contribution in [-0.4, -0.2) is 249 Å². The summed E-state index contributed by atoms with van der Waals surface area (Å²) in [6, 6.07) is 10.9. The van der Waals surface area contributed by atoms with Crippen LogP contribution < -0.4 is 37.6 Å². The van der Waals surface area contributed by atoms with E-state index in [4.69, 9.17) is 10.8 Å². The zero-order valence-electron chi connectivity index (χ0n) is 69.1. The van der Waals surface area contributed by atoms with Gasteiger partial charge >= 0.3 is 29.9 Å². The highest BCUT2D eigenvalue weighted by Crippen LogP contribution is 2.29. The van der Waals surface area contributed by atoms with Crippen LogP contribution in [0.25, 0.3) is 0 Å². The van der Waals surface area contributed by atoms with Gasteiger partial charge in [-0.1, -0.05) is 112 Å². The van der Waals surface area contributed by atoms with Crippen LogP contribution >= 0.6 is 11.8 Å². The first-order valence-electron chi connectivity index (χ1n) is 41.6. The molecule has 1 unspecified atom stereocenters. The minimum absolute atomic E-state index is 0.00256. The first kappa shape index (κ1) is 105. The molecule has 0 spiro atoms. The Hall–Kier alpha value is -10.4. The summed E-state index contributed by atoms with van der Waals surface area (Å²) in [5.74, 6) is -16.1. The number of benzene rings is 2. The van der Waals surface area contributed by atoms with E-state index in [1.165, 1.54) is 6.92 Å². The number of carbonyl (C=O) groups is 19. The van der Waals surface area contributed by atoms with Gasteiger partial charge in [0.25, 0.3) is 0 Å². The van der Waals surface area contributed by atoms with Crippen molar-refractivity contribution in [3.8, 4) is 0 Å². The summed E-state index contributed by atoms with van der Waals surface area (Å²) in [5, 5.41) is 83.6. The summed E-state index contributed by atoms with van der Waals surface area (Å²) in [7, 11) is 0. The number of aliphatic carboxylic acids is 4. The quantitative estimate of drug-likeness (QED) is 0.0168. The summed E-state index contributed by atoms with van der Waals surface area (Å²) in [6.45, 7) is 0.960. The van der Waals surface area contributed by atoms with Crippen LogP contribution in [-0.2, 0) is 99.1 Å². The van der Waals surface area contributed by atoms with E-state index in [0.29, 0.717) is 110 Å². The number of likely N-dealkylation sites (tertiary alicyclic amines) is 1. The molecule has 0 aromatic heterocycles. The molecule has 1 aliphatic heterocycles. The molecule has 1 saturated heterocycles. The fourth-order valence-electron chi connectivity index (χ4n) is 12.9. The molecule has 1 heterocycles. The van der Waals surface area contributed by atoms with Crippen LogP contribution in [0.4, 0.5) is 4.79 Å². The molecule has 11 amide bonds. The number of hydrogen-bond donors (Lipinski definition) is 14. The minimum atomic E-state index is -1.82. The van der Waals surface area contributed by atoms with Gasteiger partial charge in [-0.3, -0.25) is 102 Å². The third kappa shape index (κ3) is 46.8. The lowest BCUT2D eigenvalue weighted by molar-refractivity contribution is -0.166. The number of nitrogens with one attached hydrogen (secondary N) is 6. The minimum Gasteiger partial charge on any atom is -0.481 e. The Labute approximate surface area is 708 Å². The molecule has 0 aliphatic carbocycles.